The van der Waals surface area contributed by atoms with Gasteiger partial charge in [0.15, 0.2) is 0 Å². The Morgan fingerprint density at radius 1 is 1.33 bits per heavy atom. The molecule has 0 radical (unpaired) electrons. The molecule has 0 saturated carbocycles. The van der Waals surface area contributed by atoms with Crippen molar-refractivity contribution in [3.05, 3.63) is 64.3 Å². The van der Waals surface area contributed by atoms with Crippen LogP contribution in [0.1, 0.15) is 16.1 Å². The number of ether oxygens (including phenoxy) is 1. The Kier molecular flexibility index (Phi) is 3.52. The first-order valence-corrected chi connectivity index (χ1v) is 5.39. The molecular weight excluding hydrogens is 232 g/mol. The van der Waals surface area contributed by atoms with Crippen LogP contribution in [0, 0.1) is 0 Å². The van der Waals surface area contributed by atoms with E-state index in [0.717, 1.165) is 5.69 Å². The fraction of sp³-hybridized carbons (Fsp3) is 0.154. The van der Waals surface area contributed by atoms with Crippen molar-refractivity contribution in [3.63, 3.8) is 0 Å². The highest BCUT2D eigenvalue weighted by atomic mass is 16.5. The third kappa shape index (κ3) is 2.63. The molecule has 0 atom stereocenters. The summed E-state index contributed by atoms with van der Waals surface area (Å²) in [5.74, 6) is -0.468. The predicted molar refractivity (Wildman–Crippen MR) is 65.4 cm³/mol. The Balaban J connectivity index is 2.33. The number of hydrogen-bond donors (Lipinski definition) is 0. The lowest BCUT2D eigenvalue weighted by molar-refractivity contribution is 0.0599. The van der Waals surface area contributed by atoms with Crippen LogP contribution in [0.25, 0.3) is 0 Å². The van der Waals surface area contributed by atoms with Gasteiger partial charge >= 0.3 is 5.97 Å². The molecule has 0 spiro atoms. The molecule has 5 nitrogen and oxygen atoms in total. The molecule has 0 amide bonds. The summed E-state index contributed by atoms with van der Waals surface area (Å²) in [7, 11) is 1.30. The highest BCUT2D eigenvalue weighted by Gasteiger charge is 2.07. The van der Waals surface area contributed by atoms with Gasteiger partial charge in [0.05, 0.1) is 24.9 Å². The maximum atomic E-state index is 11.7. The standard InChI is InChI=1S/C13H12N2O3/c1-18-13(17)10-5-6-12(16)15(8-10)9-11-4-2-3-7-14-11/h2-8H,9H2,1H3. The fourth-order valence-electron chi connectivity index (χ4n) is 1.56. The number of carbonyl (C=O) groups excluding carboxylic acids is 1. The molecule has 0 aromatic carbocycles. The van der Waals surface area contributed by atoms with Gasteiger partial charge in [0.2, 0.25) is 0 Å². The SMILES string of the molecule is COC(=O)c1ccc(=O)n(Cc2ccccn2)c1. The van der Waals surface area contributed by atoms with Crippen LogP contribution in [0.3, 0.4) is 0 Å². The average molecular weight is 244 g/mol. The minimum Gasteiger partial charge on any atom is -0.465 e. The van der Waals surface area contributed by atoms with Crippen LogP contribution in [0.2, 0.25) is 0 Å². The van der Waals surface area contributed by atoms with E-state index in [4.69, 9.17) is 0 Å². The number of pyridine rings is 2. The molecule has 18 heavy (non-hydrogen) atoms. The average Bonchev–Trinajstić information content (AvgIpc) is 2.41. The molecule has 92 valence electrons. The lowest BCUT2D eigenvalue weighted by Crippen LogP contribution is -2.21. The van der Waals surface area contributed by atoms with E-state index in [1.165, 1.54) is 30.0 Å². The zero-order valence-electron chi connectivity index (χ0n) is 9.87. The number of esters is 1. The number of carbonyl (C=O) groups is 1. The van der Waals surface area contributed by atoms with Crippen molar-refractivity contribution >= 4 is 5.97 Å². The van der Waals surface area contributed by atoms with Gasteiger partial charge in [-0.15, -0.1) is 0 Å². The fourth-order valence-corrected chi connectivity index (χ4v) is 1.56. The lowest BCUT2D eigenvalue weighted by Gasteiger charge is -2.06. The summed E-state index contributed by atoms with van der Waals surface area (Å²) in [6, 6.07) is 8.25. The van der Waals surface area contributed by atoms with Gasteiger partial charge in [-0.1, -0.05) is 6.07 Å². The summed E-state index contributed by atoms with van der Waals surface area (Å²) in [4.78, 5) is 27.2. The first kappa shape index (κ1) is 12.0. The zero-order valence-corrected chi connectivity index (χ0v) is 9.87. The lowest BCUT2D eigenvalue weighted by atomic mass is 10.2. The third-order valence-corrected chi connectivity index (χ3v) is 2.46. The zero-order chi connectivity index (χ0) is 13.0. The molecule has 0 saturated heterocycles. The molecule has 0 bridgehead atoms. The second-order valence-electron chi connectivity index (χ2n) is 3.70. The van der Waals surface area contributed by atoms with E-state index in [0.29, 0.717) is 12.1 Å². The van der Waals surface area contributed by atoms with Crippen LogP contribution < -0.4 is 5.56 Å². The molecule has 0 unspecified atom stereocenters. The number of hydrogen-bond acceptors (Lipinski definition) is 4. The van der Waals surface area contributed by atoms with Crippen molar-refractivity contribution in [2.75, 3.05) is 7.11 Å². The molecule has 0 fully saturated rings. The molecule has 2 rings (SSSR count). The third-order valence-electron chi connectivity index (χ3n) is 2.46. The Morgan fingerprint density at radius 2 is 2.17 bits per heavy atom. The number of methoxy groups -OCH3 is 1. The molecule has 0 N–H and O–H groups in total. The van der Waals surface area contributed by atoms with Crippen molar-refractivity contribution in [1.29, 1.82) is 0 Å². The van der Waals surface area contributed by atoms with Crippen molar-refractivity contribution < 1.29 is 9.53 Å². The summed E-state index contributed by atoms with van der Waals surface area (Å²) in [5.41, 5.74) is 0.906. The van der Waals surface area contributed by atoms with Crippen LogP contribution in [-0.2, 0) is 11.3 Å². The van der Waals surface area contributed by atoms with E-state index < -0.39 is 5.97 Å². The van der Waals surface area contributed by atoms with Crippen LogP contribution in [-0.4, -0.2) is 22.6 Å². The second-order valence-corrected chi connectivity index (χ2v) is 3.70. The summed E-state index contributed by atoms with van der Waals surface area (Å²) >= 11 is 0. The van der Waals surface area contributed by atoms with Crippen molar-refractivity contribution in [2.24, 2.45) is 0 Å². The molecule has 2 aromatic rings. The highest BCUT2D eigenvalue weighted by molar-refractivity contribution is 5.88. The van der Waals surface area contributed by atoms with Crippen LogP contribution >= 0.6 is 0 Å². The van der Waals surface area contributed by atoms with Crippen molar-refractivity contribution in [2.45, 2.75) is 6.54 Å². The summed E-state index contributed by atoms with van der Waals surface area (Å²) in [6.07, 6.45) is 3.13. The van der Waals surface area contributed by atoms with Gasteiger partial charge in [0.1, 0.15) is 0 Å². The molecular formula is C13H12N2O3. The molecule has 5 heteroatoms. The van der Waals surface area contributed by atoms with Crippen LogP contribution in [0.15, 0.2) is 47.5 Å². The topological polar surface area (TPSA) is 61.2 Å². The maximum Gasteiger partial charge on any atom is 0.339 e. The Labute approximate surface area is 104 Å². The molecule has 0 aliphatic heterocycles. The van der Waals surface area contributed by atoms with E-state index in [-0.39, 0.29) is 5.56 Å². The Morgan fingerprint density at radius 3 is 2.83 bits per heavy atom. The second kappa shape index (κ2) is 5.27. The van der Waals surface area contributed by atoms with Crippen LogP contribution in [0.4, 0.5) is 0 Å². The summed E-state index contributed by atoms with van der Waals surface area (Å²) < 4.78 is 6.04. The maximum absolute atomic E-state index is 11.7. The molecule has 2 aromatic heterocycles. The first-order valence-electron chi connectivity index (χ1n) is 5.39. The van der Waals surface area contributed by atoms with Crippen molar-refractivity contribution in [3.8, 4) is 0 Å². The van der Waals surface area contributed by atoms with Gasteiger partial charge in [0.25, 0.3) is 5.56 Å². The Bertz CT molecular complexity index is 605. The molecule has 0 aliphatic carbocycles. The largest absolute Gasteiger partial charge is 0.465 e. The highest BCUT2D eigenvalue weighted by Crippen LogP contribution is 2.01. The van der Waals surface area contributed by atoms with Gasteiger partial charge in [-0.3, -0.25) is 9.78 Å². The number of nitrogens with zero attached hydrogens (tertiary/aromatic N) is 2. The minimum absolute atomic E-state index is 0.187. The number of aromatic nitrogens is 2. The van der Waals surface area contributed by atoms with E-state index in [1.54, 1.807) is 12.3 Å². The normalized spacial score (nSPS) is 10.1. The number of rotatable bonds is 3. The summed E-state index contributed by atoms with van der Waals surface area (Å²) in [5, 5.41) is 0. The van der Waals surface area contributed by atoms with Gasteiger partial charge in [-0.05, 0) is 18.2 Å². The van der Waals surface area contributed by atoms with Crippen molar-refractivity contribution in [1.82, 2.24) is 9.55 Å². The van der Waals surface area contributed by atoms with E-state index in [9.17, 15) is 9.59 Å². The van der Waals surface area contributed by atoms with E-state index >= 15 is 0 Å². The summed E-state index contributed by atoms with van der Waals surface area (Å²) in [6.45, 7) is 0.324. The first-order chi connectivity index (χ1) is 8.70. The van der Waals surface area contributed by atoms with Gasteiger partial charge in [-0.2, -0.15) is 0 Å². The predicted octanol–water partition coefficient (Wildman–Crippen LogP) is 1.08. The molecule has 2 heterocycles. The quantitative estimate of drug-likeness (QED) is 0.758. The van der Waals surface area contributed by atoms with Gasteiger partial charge in [0, 0.05) is 18.5 Å². The minimum atomic E-state index is -0.468. The Hall–Kier alpha value is -2.43. The smallest absolute Gasteiger partial charge is 0.339 e. The van der Waals surface area contributed by atoms with Crippen LogP contribution in [0.5, 0.6) is 0 Å². The van der Waals surface area contributed by atoms with E-state index in [2.05, 4.69) is 9.72 Å². The molecule has 0 aliphatic rings. The van der Waals surface area contributed by atoms with E-state index in [1.807, 2.05) is 12.1 Å². The monoisotopic (exact) mass is 244 g/mol. The van der Waals surface area contributed by atoms with Gasteiger partial charge < -0.3 is 9.30 Å². The van der Waals surface area contributed by atoms with Gasteiger partial charge in [-0.25, -0.2) is 4.79 Å².